The van der Waals surface area contributed by atoms with Crippen molar-refractivity contribution in [3.8, 4) is 5.75 Å². The van der Waals surface area contributed by atoms with Gasteiger partial charge in [0.1, 0.15) is 17.1 Å². The molecule has 124 valence electrons. The minimum Gasteiger partial charge on any atom is -0.507 e. The van der Waals surface area contributed by atoms with Crippen molar-refractivity contribution in [2.75, 3.05) is 0 Å². The van der Waals surface area contributed by atoms with Gasteiger partial charge in [0.2, 0.25) is 5.91 Å². The topological polar surface area (TPSA) is 83.1 Å². The molecule has 24 heavy (non-hydrogen) atoms. The Balaban J connectivity index is 2.05. The third-order valence-electron chi connectivity index (χ3n) is 3.81. The Morgan fingerprint density at radius 1 is 1.42 bits per heavy atom. The fourth-order valence-electron chi connectivity index (χ4n) is 2.79. The Morgan fingerprint density at radius 3 is 2.79 bits per heavy atom. The predicted molar refractivity (Wildman–Crippen MR) is 89.2 cm³/mol. The second-order valence-electron chi connectivity index (χ2n) is 5.59. The van der Waals surface area contributed by atoms with Crippen molar-refractivity contribution in [2.24, 2.45) is 5.10 Å². The quantitative estimate of drug-likeness (QED) is 0.906. The smallest absolute Gasteiger partial charge is 0.348 e. The van der Waals surface area contributed by atoms with Gasteiger partial charge in [-0.2, -0.15) is 5.10 Å². The fourth-order valence-corrected chi connectivity index (χ4v) is 2.99. The number of nitrogens with zero attached hydrogens (tertiary/aromatic N) is 2. The third-order valence-corrected chi connectivity index (χ3v) is 4.04. The molecule has 1 amide bonds. The second kappa shape index (κ2) is 6.13. The molecule has 1 unspecified atom stereocenters. The van der Waals surface area contributed by atoms with E-state index in [0.29, 0.717) is 16.5 Å². The zero-order valence-corrected chi connectivity index (χ0v) is 13.9. The number of benzene rings is 1. The van der Waals surface area contributed by atoms with Crippen molar-refractivity contribution in [3.05, 3.63) is 62.7 Å². The zero-order chi connectivity index (χ0) is 17.4. The molecule has 2 heterocycles. The zero-order valence-electron chi connectivity index (χ0n) is 13.1. The van der Waals surface area contributed by atoms with Crippen molar-refractivity contribution < 1.29 is 14.3 Å². The summed E-state index contributed by atoms with van der Waals surface area (Å²) in [4.78, 5) is 24.0. The van der Waals surface area contributed by atoms with Crippen LogP contribution < -0.4 is 5.63 Å². The number of hydrogen-bond donors (Lipinski definition) is 1. The molecule has 0 spiro atoms. The van der Waals surface area contributed by atoms with E-state index in [9.17, 15) is 14.7 Å². The lowest BCUT2D eigenvalue weighted by Crippen LogP contribution is -2.24. The first kappa shape index (κ1) is 16.3. The number of hydrogen-bond acceptors (Lipinski definition) is 5. The highest BCUT2D eigenvalue weighted by Gasteiger charge is 2.34. The molecule has 1 aliphatic heterocycles. The number of hydrazone groups is 1. The summed E-state index contributed by atoms with van der Waals surface area (Å²) in [6.45, 7) is 2.96. The minimum absolute atomic E-state index is 0.0172. The number of carbonyl (C=O) groups excluding carboxylic acids is 1. The summed E-state index contributed by atoms with van der Waals surface area (Å²) in [5.74, 6) is -0.182. The Labute approximate surface area is 143 Å². The van der Waals surface area contributed by atoms with Gasteiger partial charge in [0.05, 0.1) is 11.8 Å². The Hall–Kier alpha value is -2.60. The predicted octanol–water partition coefficient (Wildman–Crippen LogP) is 3.00. The standard InChI is InChI=1S/C17H15ClN2O4/c1-9-6-15(22)16(17(23)24-9)13-8-14(20(19-13)10(2)21)11-4-3-5-12(18)7-11/h3-7,14,22H,8H2,1-2H3. The first-order valence-electron chi connectivity index (χ1n) is 7.33. The highest BCUT2D eigenvalue weighted by atomic mass is 35.5. The van der Waals surface area contributed by atoms with Crippen molar-refractivity contribution in [1.29, 1.82) is 0 Å². The van der Waals surface area contributed by atoms with Crippen molar-refractivity contribution >= 4 is 23.2 Å². The average Bonchev–Trinajstić information content (AvgIpc) is 2.91. The van der Waals surface area contributed by atoms with Crippen LogP contribution >= 0.6 is 11.6 Å². The van der Waals surface area contributed by atoms with Gasteiger partial charge < -0.3 is 9.52 Å². The average molecular weight is 347 g/mol. The van der Waals surface area contributed by atoms with Gasteiger partial charge in [-0.3, -0.25) is 4.79 Å². The van der Waals surface area contributed by atoms with Gasteiger partial charge in [0.15, 0.2) is 0 Å². The van der Waals surface area contributed by atoms with E-state index in [1.807, 2.05) is 6.07 Å². The molecule has 0 saturated carbocycles. The van der Waals surface area contributed by atoms with E-state index >= 15 is 0 Å². The number of rotatable bonds is 2. The molecule has 6 nitrogen and oxygen atoms in total. The largest absolute Gasteiger partial charge is 0.507 e. The van der Waals surface area contributed by atoms with E-state index in [1.54, 1.807) is 25.1 Å². The fraction of sp³-hybridized carbons (Fsp3) is 0.235. The molecular weight excluding hydrogens is 332 g/mol. The van der Waals surface area contributed by atoms with Crippen LogP contribution in [0.3, 0.4) is 0 Å². The van der Waals surface area contributed by atoms with Crippen LogP contribution in [0, 0.1) is 6.92 Å². The molecule has 3 rings (SSSR count). The highest BCUT2D eigenvalue weighted by Crippen LogP contribution is 2.34. The molecule has 0 aliphatic carbocycles. The second-order valence-corrected chi connectivity index (χ2v) is 6.03. The molecule has 0 fully saturated rings. The van der Waals surface area contributed by atoms with Gasteiger partial charge in [-0.1, -0.05) is 23.7 Å². The maximum atomic E-state index is 12.1. The van der Waals surface area contributed by atoms with Crippen LogP contribution in [-0.2, 0) is 4.79 Å². The van der Waals surface area contributed by atoms with E-state index < -0.39 is 11.7 Å². The molecule has 1 aliphatic rings. The molecule has 1 aromatic carbocycles. The molecule has 2 aromatic rings. The SMILES string of the molecule is CC(=O)N1N=C(c2c(O)cc(C)oc2=O)CC1c1cccc(Cl)c1. The van der Waals surface area contributed by atoms with Gasteiger partial charge in [0, 0.05) is 24.4 Å². The van der Waals surface area contributed by atoms with E-state index in [4.69, 9.17) is 16.0 Å². The van der Waals surface area contributed by atoms with Crippen molar-refractivity contribution in [1.82, 2.24) is 5.01 Å². The van der Waals surface area contributed by atoms with Gasteiger partial charge in [-0.15, -0.1) is 0 Å². The monoisotopic (exact) mass is 346 g/mol. The molecule has 1 aromatic heterocycles. The van der Waals surface area contributed by atoms with Gasteiger partial charge in [-0.25, -0.2) is 9.80 Å². The molecular formula is C17H15ClN2O4. The summed E-state index contributed by atoms with van der Waals surface area (Å²) >= 11 is 6.03. The van der Waals surface area contributed by atoms with Gasteiger partial charge in [-0.05, 0) is 24.6 Å². The van der Waals surface area contributed by atoms with E-state index in [1.165, 1.54) is 18.0 Å². The van der Waals surface area contributed by atoms with Crippen LogP contribution in [0.1, 0.15) is 36.3 Å². The van der Waals surface area contributed by atoms with Crippen molar-refractivity contribution in [3.63, 3.8) is 0 Å². The summed E-state index contributed by atoms with van der Waals surface area (Å²) in [7, 11) is 0. The lowest BCUT2D eigenvalue weighted by Gasteiger charge is -2.20. The van der Waals surface area contributed by atoms with Gasteiger partial charge in [0.25, 0.3) is 0 Å². The Bertz CT molecular complexity index is 904. The molecule has 1 atom stereocenters. The molecule has 0 radical (unpaired) electrons. The lowest BCUT2D eigenvalue weighted by atomic mass is 9.99. The van der Waals surface area contributed by atoms with Crippen LogP contribution in [-0.4, -0.2) is 21.7 Å². The normalized spacial score (nSPS) is 17.0. The summed E-state index contributed by atoms with van der Waals surface area (Å²) in [5, 5.41) is 16.2. The molecule has 0 saturated heterocycles. The van der Waals surface area contributed by atoms with Crippen molar-refractivity contribution in [2.45, 2.75) is 26.3 Å². The summed E-state index contributed by atoms with van der Waals surface area (Å²) in [6.07, 6.45) is 0.279. The van der Waals surface area contributed by atoms with Crippen LogP contribution in [0.2, 0.25) is 5.02 Å². The lowest BCUT2D eigenvalue weighted by molar-refractivity contribution is -0.130. The Morgan fingerprint density at radius 2 is 2.17 bits per heavy atom. The number of aryl methyl sites for hydroxylation is 1. The maximum absolute atomic E-state index is 12.1. The number of carbonyl (C=O) groups is 1. The minimum atomic E-state index is -0.679. The Kier molecular flexibility index (Phi) is 4.15. The highest BCUT2D eigenvalue weighted by molar-refractivity contribution is 6.30. The summed E-state index contributed by atoms with van der Waals surface area (Å²) in [5.41, 5.74) is 0.409. The summed E-state index contributed by atoms with van der Waals surface area (Å²) < 4.78 is 5.04. The molecule has 0 bridgehead atoms. The number of aromatic hydroxyl groups is 1. The van der Waals surface area contributed by atoms with E-state index in [2.05, 4.69) is 5.10 Å². The van der Waals surface area contributed by atoms with Crippen LogP contribution in [0.5, 0.6) is 5.75 Å². The first-order chi connectivity index (χ1) is 11.4. The van der Waals surface area contributed by atoms with Gasteiger partial charge >= 0.3 is 5.63 Å². The molecule has 7 heteroatoms. The molecule has 1 N–H and O–H groups in total. The van der Waals surface area contributed by atoms with Crippen LogP contribution in [0.15, 0.2) is 44.6 Å². The number of halogens is 1. The number of amides is 1. The third kappa shape index (κ3) is 2.92. The van der Waals surface area contributed by atoms with Crippen LogP contribution in [0.4, 0.5) is 0 Å². The van der Waals surface area contributed by atoms with Crippen LogP contribution in [0.25, 0.3) is 0 Å². The first-order valence-corrected chi connectivity index (χ1v) is 7.71. The summed E-state index contributed by atoms with van der Waals surface area (Å²) in [6, 6.07) is 8.06. The van der Waals surface area contributed by atoms with E-state index in [0.717, 1.165) is 5.56 Å². The maximum Gasteiger partial charge on any atom is 0.348 e. The van der Waals surface area contributed by atoms with E-state index in [-0.39, 0.29) is 23.6 Å².